The van der Waals surface area contributed by atoms with Crippen molar-refractivity contribution < 1.29 is 23.1 Å². The number of aromatic hydroxyl groups is 1. The number of sulfonamides is 1. The van der Waals surface area contributed by atoms with Gasteiger partial charge in [-0.3, -0.25) is 4.79 Å². The predicted octanol–water partition coefficient (Wildman–Crippen LogP) is 0.527. The highest BCUT2D eigenvalue weighted by Gasteiger charge is 2.16. The number of rotatable bonds is 6. The Bertz CT molecular complexity index is 1210. The largest absolute Gasteiger partial charge is 0.503 e. The van der Waals surface area contributed by atoms with Crippen LogP contribution in [0.15, 0.2) is 53.6 Å². The highest BCUT2D eigenvalue weighted by molar-refractivity contribution is 7.89. The monoisotopic (exact) mass is 418 g/mol. The van der Waals surface area contributed by atoms with Gasteiger partial charge in [-0.15, -0.1) is 0 Å². The van der Waals surface area contributed by atoms with Crippen molar-refractivity contribution in [3.63, 3.8) is 0 Å². The number of amides is 1. The molecule has 152 valence electrons. The lowest BCUT2D eigenvalue weighted by molar-refractivity contribution is 0.197. The second-order valence-electron chi connectivity index (χ2n) is 6.16. The van der Waals surface area contributed by atoms with E-state index in [2.05, 4.69) is 10.3 Å². The van der Waals surface area contributed by atoms with Crippen molar-refractivity contribution in [2.75, 3.05) is 12.3 Å². The third-order valence-electron chi connectivity index (χ3n) is 4.01. The molecule has 0 radical (unpaired) electrons. The molecule has 2 heterocycles. The zero-order valence-electron chi connectivity index (χ0n) is 15.1. The number of nitrogens with zero attached hydrogens (tertiary/aromatic N) is 2. The molecule has 0 fully saturated rings. The minimum Gasteiger partial charge on any atom is -0.503 e. The van der Waals surface area contributed by atoms with E-state index in [1.54, 1.807) is 0 Å². The highest BCUT2D eigenvalue weighted by atomic mass is 32.2. The Morgan fingerprint density at radius 3 is 2.62 bits per heavy atom. The van der Waals surface area contributed by atoms with Crippen LogP contribution in [0.4, 0.5) is 4.79 Å². The van der Waals surface area contributed by atoms with Gasteiger partial charge in [0.05, 0.1) is 17.7 Å². The van der Waals surface area contributed by atoms with E-state index >= 15 is 0 Å². The van der Waals surface area contributed by atoms with Crippen LogP contribution in [0.3, 0.4) is 0 Å². The fourth-order valence-corrected chi connectivity index (χ4v) is 3.01. The Balaban J connectivity index is 1.80. The number of carbonyl (C=O) groups excluding carboxylic acids is 1. The molecule has 0 unspecified atom stereocenters. The average Bonchev–Trinajstić information content (AvgIpc) is 2.66. The molecule has 0 aliphatic rings. The summed E-state index contributed by atoms with van der Waals surface area (Å²) < 4.78 is 28.0. The van der Waals surface area contributed by atoms with Crippen LogP contribution in [0.2, 0.25) is 0 Å². The molecule has 0 saturated carbocycles. The first-order valence-electron chi connectivity index (χ1n) is 8.46. The number of nitrogens with two attached hydrogens (primary N) is 1. The van der Waals surface area contributed by atoms with Gasteiger partial charge in [0, 0.05) is 24.3 Å². The van der Waals surface area contributed by atoms with Gasteiger partial charge in [-0.2, -0.15) is 0 Å². The smallest absolute Gasteiger partial charge is 0.414 e. The molecule has 0 bridgehead atoms. The van der Waals surface area contributed by atoms with Crippen molar-refractivity contribution in [2.45, 2.75) is 6.54 Å². The summed E-state index contributed by atoms with van der Waals surface area (Å²) in [5.74, 6) is -1.36. The molecule has 0 atom stereocenters. The number of fused-ring (bicyclic) bond motifs is 1. The zero-order valence-corrected chi connectivity index (χ0v) is 15.9. The molecule has 4 N–H and O–H groups in total. The van der Waals surface area contributed by atoms with Gasteiger partial charge in [0.1, 0.15) is 0 Å². The summed E-state index contributed by atoms with van der Waals surface area (Å²) in [6.07, 6.45) is 1.70. The lowest BCUT2D eigenvalue weighted by Crippen LogP contribution is -2.33. The second-order valence-corrected chi connectivity index (χ2v) is 7.89. The van der Waals surface area contributed by atoms with Crippen LogP contribution in [-0.4, -0.2) is 41.5 Å². The molecule has 1 amide bonds. The van der Waals surface area contributed by atoms with Crippen LogP contribution in [0.5, 0.6) is 11.6 Å². The number of benzene rings is 1. The van der Waals surface area contributed by atoms with E-state index in [-0.39, 0.29) is 22.9 Å². The van der Waals surface area contributed by atoms with Crippen LogP contribution >= 0.6 is 0 Å². The summed E-state index contributed by atoms with van der Waals surface area (Å²) in [7, 11) is -3.73. The third kappa shape index (κ3) is 5.09. The average molecular weight is 418 g/mol. The number of nitrogens with one attached hydrogen (secondary N) is 1. The molecule has 10 nitrogen and oxygen atoms in total. The first-order chi connectivity index (χ1) is 13.7. The minimum atomic E-state index is -3.73. The Kier molecular flexibility index (Phi) is 5.80. The molecule has 0 spiro atoms. The third-order valence-corrected chi connectivity index (χ3v) is 4.79. The lowest BCUT2D eigenvalue weighted by Gasteiger charge is -2.10. The van der Waals surface area contributed by atoms with Gasteiger partial charge in [0.2, 0.25) is 10.0 Å². The van der Waals surface area contributed by atoms with Gasteiger partial charge >= 0.3 is 6.09 Å². The Hall–Kier alpha value is -3.44. The van der Waals surface area contributed by atoms with E-state index in [1.807, 2.05) is 30.3 Å². The molecule has 3 aromatic rings. The fourth-order valence-electron chi connectivity index (χ4n) is 2.62. The van der Waals surface area contributed by atoms with Crippen LogP contribution in [0, 0.1) is 0 Å². The molecule has 2 aromatic heterocycles. The molecule has 0 saturated heterocycles. The molecule has 0 aliphatic heterocycles. The van der Waals surface area contributed by atoms with Gasteiger partial charge in [-0.25, -0.2) is 23.3 Å². The summed E-state index contributed by atoms with van der Waals surface area (Å²) >= 11 is 0. The Morgan fingerprint density at radius 2 is 1.93 bits per heavy atom. The number of aromatic nitrogens is 2. The predicted molar refractivity (Wildman–Crippen MR) is 105 cm³/mol. The van der Waals surface area contributed by atoms with E-state index in [4.69, 9.17) is 9.88 Å². The van der Waals surface area contributed by atoms with E-state index in [9.17, 15) is 23.1 Å². The van der Waals surface area contributed by atoms with Crippen molar-refractivity contribution in [3.05, 3.63) is 64.7 Å². The van der Waals surface area contributed by atoms with Gasteiger partial charge in [0.15, 0.2) is 5.75 Å². The summed E-state index contributed by atoms with van der Waals surface area (Å²) in [5.41, 5.74) is 0.570. The van der Waals surface area contributed by atoms with Crippen LogP contribution in [0.1, 0.15) is 5.56 Å². The van der Waals surface area contributed by atoms with Crippen molar-refractivity contribution in [3.8, 4) is 11.6 Å². The van der Waals surface area contributed by atoms with Crippen LogP contribution in [0.25, 0.3) is 10.8 Å². The van der Waals surface area contributed by atoms with Crippen molar-refractivity contribution >= 4 is 26.9 Å². The van der Waals surface area contributed by atoms with Crippen molar-refractivity contribution in [1.29, 1.82) is 0 Å². The van der Waals surface area contributed by atoms with Gasteiger partial charge < -0.3 is 19.7 Å². The number of hydrogen-bond acceptors (Lipinski definition) is 7. The van der Waals surface area contributed by atoms with Crippen LogP contribution < -0.4 is 20.8 Å². The van der Waals surface area contributed by atoms with Crippen molar-refractivity contribution in [1.82, 2.24) is 14.9 Å². The number of pyridine rings is 2. The summed E-state index contributed by atoms with van der Waals surface area (Å²) in [4.78, 5) is 28.2. The van der Waals surface area contributed by atoms with Crippen LogP contribution in [-0.2, 0) is 16.6 Å². The molecule has 11 heteroatoms. The number of ether oxygens (including phenoxy) is 1. The Morgan fingerprint density at radius 1 is 1.21 bits per heavy atom. The maximum atomic E-state index is 12.7. The van der Waals surface area contributed by atoms with Gasteiger partial charge in [-0.1, -0.05) is 30.3 Å². The van der Waals surface area contributed by atoms with Crippen molar-refractivity contribution in [2.24, 2.45) is 5.14 Å². The quantitative estimate of drug-likeness (QED) is 0.527. The van der Waals surface area contributed by atoms with E-state index in [0.29, 0.717) is 6.54 Å². The fraction of sp³-hybridized carbons (Fsp3) is 0.167. The van der Waals surface area contributed by atoms with E-state index in [0.717, 1.165) is 5.56 Å². The lowest BCUT2D eigenvalue weighted by atomic mass is 10.2. The topological polar surface area (TPSA) is 154 Å². The molecule has 29 heavy (non-hydrogen) atoms. The van der Waals surface area contributed by atoms with E-state index in [1.165, 1.54) is 23.0 Å². The molecule has 1 aromatic carbocycles. The van der Waals surface area contributed by atoms with E-state index < -0.39 is 33.5 Å². The molecule has 3 rings (SSSR count). The van der Waals surface area contributed by atoms with Gasteiger partial charge in [-0.05, 0) is 11.6 Å². The first-order valence-corrected chi connectivity index (χ1v) is 10.2. The second kappa shape index (κ2) is 8.29. The first kappa shape index (κ1) is 20.3. The highest BCUT2D eigenvalue weighted by Crippen LogP contribution is 2.30. The Labute approximate surface area is 165 Å². The maximum absolute atomic E-state index is 12.7. The summed E-state index contributed by atoms with van der Waals surface area (Å²) in [6.45, 7) is 0.0806. The SMILES string of the molecule is NS(=O)(=O)CCNC(=O)Oc1ncc2c(=O)n(Cc3ccccc3)ccc2c1O. The number of hydrogen-bond donors (Lipinski definition) is 3. The summed E-state index contributed by atoms with van der Waals surface area (Å²) in [6, 6.07) is 10.9. The molecular weight excluding hydrogens is 400 g/mol. The molecular formula is C18H18N4O6S. The number of carbonyl (C=O) groups is 1. The molecule has 0 aliphatic carbocycles. The van der Waals surface area contributed by atoms with Gasteiger partial charge in [0.25, 0.3) is 11.4 Å². The standard InChI is InChI=1S/C18H18N4O6S/c19-29(26,27)9-7-20-18(25)28-16-15(23)13-6-8-22(17(24)14(13)10-21-16)11-12-4-2-1-3-5-12/h1-6,8,10,23H,7,9,11H2,(H,20,25)(H2,19,26,27). The normalized spacial score (nSPS) is 11.3. The maximum Gasteiger partial charge on any atom is 0.414 e. The number of primary sulfonamides is 1. The minimum absolute atomic E-state index is 0.155. The summed E-state index contributed by atoms with van der Waals surface area (Å²) in [5, 5.41) is 17.7. The zero-order chi connectivity index (χ0) is 21.0.